The van der Waals surface area contributed by atoms with E-state index in [0.29, 0.717) is 0 Å². The Balaban J connectivity index is 0.849. The number of anilines is 9. The molecule has 0 N–H and O–H groups in total. The molecule has 15 rings (SSSR count). The lowest BCUT2D eigenvalue weighted by atomic mass is 9.98. The fourth-order valence-electron chi connectivity index (χ4n) is 12.1. The van der Waals surface area contributed by atoms with Gasteiger partial charge in [-0.1, -0.05) is 164 Å². The number of nitrogens with zero attached hydrogens (tertiary/aromatic N) is 5. The van der Waals surface area contributed by atoms with Gasteiger partial charge in [-0.2, -0.15) is 0 Å². The van der Waals surface area contributed by atoms with Gasteiger partial charge in [-0.15, -0.1) is 0 Å². The molecule has 5 nitrogen and oxygen atoms in total. The van der Waals surface area contributed by atoms with E-state index in [0.717, 1.165) is 62.6 Å². The van der Waals surface area contributed by atoms with Crippen LogP contribution in [0.3, 0.4) is 0 Å². The van der Waals surface area contributed by atoms with Gasteiger partial charge in [0.15, 0.2) is 0 Å². The second kappa shape index (κ2) is 17.3. The summed E-state index contributed by atoms with van der Waals surface area (Å²) >= 11 is 0. The third-order valence-electron chi connectivity index (χ3n) is 15.2. The minimum absolute atomic E-state index is 1.06. The molecule has 0 bridgehead atoms. The highest BCUT2D eigenvalue weighted by molar-refractivity contribution is 6.14. The molecule has 0 amide bonds. The van der Waals surface area contributed by atoms with E-state index in [2.05, 4.69) is 309 Å². The maximum Gasteiger partial charge on any atom is 0.0641 e. The first-order chi connectivity index (χ1) is 37.3. The van der Waals surface area contributed by atoms with Crippen molar-refractivity contribution in [2.75, 3.05) is 14.7 Å². The first kappa shape index (κ1) is 42.6. The van der Waals surface area contributed by atoms with Crippen LogP contribution in [0.4, 0.5) is 51.2 Å². The van der Waals surface area contributed by atoms with Crippen molar-refractivity contribution in [3.63, 3.8) is 0 Å². The molecule has 5 heteroatoms. The second-order valence-electron chi connectivity index (χ2n) is 19.3. The van der Waals surface area contributed by atoms with Crippen LogP contribution in [0.1, 0.15) is 0 Å². The van der Waals surface area contributed by atoms with Crippen molar-refractivity contribution in [1.29, 1.82) is 0 Å². The molecule has 13 aromatic rings. The molecule has 352 valence electrons. The predicted molar refractivity (Wildman–Crippen MR) is 313 cm³/mol. The van der Waals surface area contributed by atoms with Gasteiger partial charge in [-0.05, 0) is 121 Å². The van der Waals surface area contributed by atoms with Crippen LogP contribution >= 0.6 is 0 Å². The number of hydrogen-bond acceptors (Lipinski definition) is 3. The van der Waals surface area contributed by atoms with Gasteiger partial charge in [-0.3, -0.25) is 0 Å². The van der Waals surface area contributed by atoms with Crippen LogP contribution in [-0.2, 0) is 0 Å². The lowest BCUT2D eigenvalue weighted by Crippen LogP contribution is -2.13. The third-order valence-corrected chi connectivity index (χ3v) is 15.2. The lowest BCUT2D eigenvalue weighted by molar-refractivity contribution is 1.13. The van der Waals surface area contributed by atoms with Crippen LogP contribution in [-0.4, -0.2) is 9.13 Å². The minimum atomic E-state index is 1.06. The summed E-state index contributed by atoms with van der Waals surface area (Å²) in [5.41, 5.74) is 24.1. The van der Waals surface area contributed by atoms with Crippen LogP contribution in [0.5, 0.6) is 0 Å². The van der Waals surface area contributed by atoms with E-state index in [1.54, 1.807) is 0 Å². The summed E-state index contributed by atoms with van der Waals surface area (Å²) in [5, 5.41) is 2.45. The van der Waals surface area contributed by atoms with Crippen molar-refractivity contribution in [2.45, 2.75) is 0 Å². The summed E-state index contributed by atoms with van der Waals surface area (Å²) in [6.45, 7) is 0. The molecule has 0 saturated heterocycles. The van der Waals surface area contributed by atoms with Crippen LogP contribution in [0.25, 0.3) is 77.9 Å². The Labute approximate surface area is 435 Å². The van der Waals surface area contributed by atoms with Crippen molar-refractivity contribution < 1.29 is 0 Å². The van der Waals surface area contributed by atoms with Gasteiger partial charge in [0.05, 0.1) is 45.2 Å². The largest absolute Gasteiger partial charge is 0.311 e. The van der Waals surface area contributed by atoms with E-state index in [-0.39, 0.29) is 0 Å². The SMILES string of the molecule is c1ccc(N(c2ccc(N3c4ccccc4-c4c(n(-c5ccccc5)c5ccccc45)-c4ccccc43)cc2)c2ccc(N3c4ccccc4-c4c(n(-c5ccccc5)c5ccccc45)-c4ccccc43)cc2)cc1. The van der Waals surface area contributed by atoms with E-state index in [9.17, 15) is 0 Å². The Bertz CT molecular complexity index is 4030. The van der Waals surface area contributed by atoms with Gasteiger partial charge in [0.2, 0.25) is 0 Å². The first-order valence-electron chi connectivity index (χ1n) is 25.7. The zero-order valence-electron chi connectivity index (χ0n) is 40.9. The van der Waals surface area contributed by atoms with Crippen molar-refractivity contribution in [1.82, 2.24) is 9.13 Å². The van der Waals surface area contributed by atoms with Crippen molar-refractivity contribution >= 4 is 73.0 Å². The Morgan fingerprint density at radius 2 is 0.533 bits per heavy atom. The van der Waals surface area contributed by atoms with Crippen molar-refractivity contribution in [3.05, 3.63) is 285 Å². The van der Waals surface area contributed by atoms with Crippen molar-refractivity contribution in [2.24, 2.45) is 0 Å². The molecule has 2 aliphatic heterocycles. The minimum Gasteiger partial charge on any atom is -0.311 e. The smallest absolute Gasteiger partial charge is 0.0641 e. The molecule has 11 aromatic carbocycles. The molecule has 0 atom stereocenters. The van der Waals surface area contributed by atoms with Gasteiger partial charge in [0.25, 0.3) is 0 Å². The molecule has 2 aromatic heterocycles. The van der Waals surface area contributed by atoms with E-state index >= 15 is 0 Å². The molecular weight excluding hydrogens is 911 g/mol. The second-order valence-corrected chi connectivity index (χ2v) is 19.3. The lowest BCUT2D eigenvalue weighted by Gasteiger charge is -2.30. The third kappa shape index (κ3) is 6.65. The first-order valence-corrected chi connectivity index (χ1v) is 25.7. The van der Waals surface area contributed by atoms with Gasteiger partial charge in [-0.25, -0.2) is 0 Å². The molecule has 0 saturated carbocycles. The zero-order valence-corrected chi connectivity index (χ0v) is 40.9. The number of rotatable bonds is 7. The number of benzene rings is 11. The van der Waals surface area contributed by atoms with Gasteiger partial charge >= 0.3 is 0 Å². The number of fused-ring (bicyclic) bond motifs is 14. The predicted octanol–water partition coefficient (Wildman–Crippen LogP) is 19.3. The normalized spacial score (nSPS) is 12.2. The summed E-state index contributed by atoms with van der Waals surface area (Å²) in [4.78, 5) is 7.25. The molecule has 0 fully saturated rings. The zero-order chi connectivity index (χ0) is 49.4. The molecule has 2 aliphatic rings. The Hall–Kier alpha value is -10.1. The standard InChI is InChI=1S/C70H47N5/c1-4-22-48(23-5-1)71(51-40-44-53(45-41-51)72-61-34-16-10-28-55(61)67-57-30-12-18-36-63(57)74(49-24-6-2-7-25-49)69(67)59-32-14-20-38-65(59)72)52-42-46-54(47-43-52)73-62-35-17-11-29-56(62)68-58-31-13-19-37-64(58)75(50-26-8-3-9-27-50)70(68)60-33-15-21-39-66(60)73/h1-47H. The van der Waals surface area contributed by atoms with E-state index in [4.69, 9.17) is 0 Å². The number of hydrogen-bond donors (Lipinski definition) is 0. The van der Waals surface area contributed by atoms with Crippen LogP contribution in [0, 0.1) is 0 Å². The van der Waals surface area contributed by atoms with Gasteiger partial charge in [0.1, 0.15) is 0 Å². The van der Waals surface area contributed by atoms with E-state index in [1.165, 1.54) is 66.6 Å². The molecule has 4 heterocycles. The maximum absolute atomic E-state index is 2.45. The fourth-order valence-corrected chi connectivity index (χ4v) is 12.1. The average Bonchev–Trinajstić information content (AvgIpc) is 4.02. The molecule has 0 spiro atoms. The summed E-state index contributed by atoms with van der Waals surface area (Å²) in [7, 11) is 0. The topological polar surface area (TPSA) is 19.6 Å². The molecule has 0 unspecified atom stereocenters. The summed E-state index contributed by atoms with van der Waals surface area (Å²) in [6.07, 6.45) is 0. The van der Waals surface area contributed by atoms with E-state index < -0.39 is 0 Å². The molecular formula is C70H47N5. The highest BCUT2D eigenvalue weighted by Crippen LogP contribution is 2.56. The van der Waals surface area contributed by atoms with Crippen molar-refractivity contribution in [3.8, 4) is 56.1 Å². The number of para-hydroxylation sites is 9. The van der Waals surface area contributed by atoms with Gasteiger partial charge in [0, 0.05) is 84.0 Å². The highest BCUT2D eigenvalue weighted by atomic mass is 15.2. The monoisotopic (exact) mass is 957 g/mol. The Morgan fingerprint density at radius 1 is 0.227 bits per heavy atom. The summed E-state index contributed by atoms with van der Waals surface area (Å²) < 4.78 is 4.89. The average molecular weight is 958 g/mol. The molecule has 75 heavy (non-hydrogen) atoms. The Morgan fingerprint density at radius 3 is 0.947 bits per heavy atom. The number of aromatic nitrogens is 2. The fraction of sp³-hybridized carbons (Fsp3) is 0. The Kier molecular flexibility index (Phi) is 9.82. The maximum atomic E-state index is 2.45. The highest BCUT2D eigenvalue weighted by Gasteiger charge is 2.33. The quantitative estimate of drug-likeness (QED) is 0.159. The summed E-state index contributed by atoms with van der Waals surface area (Å²) in [6, 6.07) is 104. The summed E-state index contributed by atoms with van der Waals surface area (Å²) in [5.74, 6) is 0. The van der Waals surface area contributed by atoms with E-state index in [1.807, 2.05) is 0 Å². The molecule has 0 aliphatic carbocycles. The molecule has 0 radical (unpaired) electrons. The van der Waals surface area contributed by atoms with Crippen LogP contribution < -0.4 is 14.7 Å². The van der Waals surface area contributed by atoms with Crippen LogP contribution in [0.15, 0.2) is 285 Å². The van der Waals surface area contributed by atoms with Gasteiger partial charge < -0.3 is 23.8 Å². The van der Waals surface area contributed by atoms with Crippen LogP contribution in [0.2, 0.25) is 0 Å².